The molecule has 64 valence electrons. The lowest BCUT2D eigenvalue weighted by molar-refractivity contribution is -0.114. The molecular formula is C8H16N2O. The molecule has 3 heteroatoms. The Morgan fingerprint density at radius 1 is 1.64 bits per heavy atom. The summed E-state index contributed by atoms with van der Waals surface area (Å²) >= 11 is 0. The molecule has 0 fully saturated rings. The Labute approximate surface area is 67.7 Å². The van der Waals surface area contributed by atoms with Crippen LogP contribution >= 0.6 is 0 Å². The van der Waals surface area contributed by atoms with Crippen molar-refractivity contribution in [3.05, 3.63) is 11.8 Å². The molecule has 1 amide bonds. The topological polar surface area (TPSA) is 55.1 Å². The van der Waals surface area contributed by atoms with Gasteiger partial charge in [-0.15, -0.1) is 0 Å². The van der Waals surface area contributed by atoms with Crippen LogP contribution in [0.1, 0.15) is 20.8 Å². The fourth-order valence-corrected chi connectivity index (χ4v) is 0.752. The number of hydrogen-bond donors (Lipinski definition) is 2. The molecule has 0 aromatic rings. The van der Waals surface area contributed by atoms with Crippen LogP contribution in [0.4, 0.5) is 0 Å². The molecule has 0 aliphatic heterocycles. The van der Waals surface area contributed by atoms with Gasteiger partial charge in [0.05, 0.1) is 5.70 Å². The molecule has 11 heavy (non-hydrogen) atoms. The second-order valence-electron chi connectivity index (χ2n) is 2.72. The molecule has 0 rings (SSSR count). The summed E-state index contributed by atoms with van der Waals surface area (Å²) < 4.78 is 0. The SMILES string of the molecule is CCN/C(=C\C(C)C)C(N)=O. The summed E-state index contributed by atoms with van der Waals surface area (Å²) in [5, 5.41) is 2.90. The van der Waals surface area contributed by atoms with E-state index in [1.54, 1.807) is 0 Å². The van der Waals surface area contributed by atoms with Gasteiger partial charge in [0, 0.05) is 6.54 Å². The van der Waals surface area contributed by atoms with Gasteiger partial charge < -0.3 is 11.1 Å². The van der Waals surface area contributed by atoms with E-state index in [9.17, 15) is 4.79 Å². The van der Waals surface area contributed by atoms with Gasteiger partial charge in [0.25, 0.3) is 5.91 Å². The zero-order valence-corrected chi connectivity index (χ0v) is 7.35. The summed E-state index contributed by atoms with van der Waals surface area (Å²) in [4.78, 5) is 10.7. The third-order valence-electron chi connectivity index (χ3n) is 1.13. The van der Waals surface area contributed by atoms with Crippen LogP contribution in [0.15, 0.2) is 11.8 Å². The minimum Gasteiger partial charge on any atom is -0.381 e. The Balaban J connectivity index is 4.20. The summed E-state index contributed by atoms with van der Waals surface area (Å²) in [5.74, 6) is -0.0444. The first-order valence-corrected chi connectivity index (χ1v) is 3.83. The van der Waals surface area contributed by atoms with Gasteiger partial charge in [0.2, 0.25) is 0 Å². The maximum atomic E-state index is 10.7. The highest BCUT2D eigenvalue weighted by atomic mass is 16.1. The predicted molar refractivity (Wildman–Crippen MR) is 45.8 cm³/mol. The highest BCUT2D eigenvalue weighted by molar-refractivity contribution is 5.91. The van der Waals surface area contributed by atoms with Crippen LogP contribution < -0.4 is 11.1 Å². The van der Waals surface area contributed by atoms with Gasteiger partial charge in [-0.3, -0.25) is 4.79 Å². The quantitative estimate of drug-likeness (QED) is 0.586. The van der Waals surface area contributed by atoms with Crippen molar-refractivity contribution in [3.63, 3.8) is 0 Å². The van der Waals surface area contributed by atoms with Crippen LogP contribution in [0.5, 0.6) is 0 Å². The average Bonchev–Trinajstić information content (AvgIpc) is 1.86. The number of rotatable bonds is 4. The normalized spacial score (nSPS) is 11.8. The van der Waals surface area contributed by atoms with Crippen molar-refractivity contribution in [2.24, 2.45) is 11.7 Å². The first-order valence-electron chi connectivity index (χ1n) is 3.83. The fourth-order valence-electron chi connectivity index (χ4n) is 0.752. The van der Waals surface area contributed by atoms with Gasteiger partial charge in [0.1, 0.15) is 0 Å². The molecule has 3 N–H and O–H groups in total. The standard InChI is InChI=1S/C8H16N2O/c1-4-10-7(8(9)11)5-6(2)3/h5-6,10H,4H2,1-3H3,(H2,9,11)/b7-5-. The summed E-state index contributed by atoms with van der Waals surface area (Å²) in [6.45, 7) is 6.65. The molecule has 0 atom stereocenters. The third kappa shape index (κ3) is 4.42. The largest absolute Gasteiger partial charge is 0.381 e. The molecule has 0 saturated heterocycles. The van der Waals surface area contributed by atoms with Gasteiger partial charge in [-0.25, -0.2) is 0 Å². The van der Waals surface area contributed by atoms with E-state index in [1.807, 2.05) is 26.8 Å². The Morgan fingerprint density at radius 2 is 2.18 bits per heavy atom. The van der Waals surface area contributed by atoms with Gasteiger partial charge >= 0.3 is 0 Å². The highest BCUT2D eigenvalue weighted by Gasteiger charge is 2.02. The molecule has 0 radical (unpaired) electrons. The Morgan fingerprint density at radius 3 is 2.45 bits per heavy atom. The maximum Gasteiger partial charge on any atom is 0.264 e. The number of carbonyl (C=O) groups excluding carboxylic acids is 1. The van der Waals surface area contributed by atoms with E-state index in [0.29, 0.717) is 11.6 Å². The molecule has 0 heterocycles. The lowest BCUT2D eigenvalue weighted by atomic mass is 10.2. The predicted octanol–water partition coefficient (Wildman–Crippen LogP) is 0.621. The first-order chi connectivity index (χ1) is 5.07. The maximum absolute atomic E-state index is 10.7. The fraction of sp³-hybridized carbons (Fsp3) is 0.625. The summed E-state index contributed by atoms with van der Waals surface area (Å²) in [6, 6.07) is 0. The van der Waals surface area contributed by atoms with Crippen molar-refractivity contribution in [2.45, 2.75) is 20.8 Å². The Bertz CT molecular complexity index is 161. The molecule has 0 bridgehead atoms. The monoisotopic (exact) mass is 156 g/mol. The third-order valence-corrected chi connectivity index (χ3v) is 1.13. The summed E-state index contributed by atoms with van der Waals surface area (Å²) in [7, 11) is 0. The smallest absolute Gasteiger partial charge is 0.264 e. The van der Waals surface area contributed by atoms with Gasteiger partial charge in [-0.05, 0) is 12.8 Å². The van der Waals surface area contributed by atoms with E-state index >= 15 is 0 Å². The molecule has 0 aliphatic carbocycles. The van der Waals surface area contributed by atoms with E-state index in [1.165, 1.54) is 0 Å². The van der Waals surface area contributed by atoms with E-state index in [-0.39, 0.29) is 5.91 Å². The van der Waals surface area contributed by atoms with Crippen molar-refractivity contribution in [1.82, 2.24) is 5.32 Å². The van der Waals surface area contributed by atoms with Crippen molar-refractivity contribution >= 4 is 5.91 Å². The molecule has 0 saturated carbocycles. The number of primary amides is 1. The second-order valence-corrected chi connectivity index (χ2v) is 2.72. The number of amides is 1. The van der Waals surface area contributed by atoms with Crippen LogP contribution in [0.3, 0.4) is 0 Å². The lowest BCUT2D eigenvalue weighted by Gasteiger charge is -2.05. The van der Waals surface area contributed by atoms with Crippen LogP contribution in [0, 0.1) is 5.92 Å². The van der Waals surface area contributed by atoms with E-state index in [0.717, 1.165) is 6.54 Å². The van der Waals surface area contributed by atoms with Crippen molar-refractivity contribution in [3.8, 4) is 0 Å². The second kappa shape index (κ2) is 4.77. The lowest BCUT2D eigenvalue weighted by Crippen LogP contribution is -2.26. The first kappa shape index (κ1) is 10.0. The van der Waals surface area contributed by atoms with Crippen LogP contribution in [0.25, 0.3) is 0 Å². The summed E-state index contributed by atoms with van der Waals surface area (Å²) in [6.07, 6.45) is 1.83. The average molecular weight is 156 g/mol. The van der Waals surface area contributed by atoms with E-state index in [4.69, 9.17) is 5.73 Å². The molecule has 0 aliphatic rings. The highest BCUT2D eigenvalue weighted by Crippen LogP contribution is 1.98. The van der Waals surface area contributed by atoms with Crippen molar-refractivity contribution < 1.29 is 4.79 Å². The number of allylic oxidation sites excluding steroid dienone is 1. The van der Waals surface area contributed by atoms with Gasteiger partial charge in [-0.1, -0.05) is 19.9 Å². The van der Waals surface area contributed by atoms with E-state index < -0.39 is 0 Å². The number of nitrogens with one attached hydrogen (secondary N) is 1. The number of likely N-dealkylation sites (N-methyl/N-ethyl adjacent to an activating group) is 1. The molecule has 3 nitrogen and oxygen atoms in total. The Kier molecular flexibility index (Phi) is 4.34. The zero-order chi connectivity index (χ0) is 8.85. The van der Waals surface area contributed by atoms with Crippen LogP contribution in [0.2, 0.25) is 0 Å². The molecule has 0 aromatic carbocycles. The number of nitrogens with two attached hydrogens (primary N) is 1. The zero-order valence-electron chi connectivity index (χ0n) is 7.35. The number of carbonyl (C=O) groups is 1. The summed E-state index contributed by atoms with van der Waals surface area (Å²) in [5.41, 5.74) is 5.62. The Hall–Kier alpha value is -0.990. The molecule has 0 aromatic heterocycles. The van der Waals surface area contributed by atoms with Gasteiger partial charge in [-0.2, -0.15) is 0 Å². The minimum absolute atomic E-state index is 0.344. The van der Waals surface area contributed by atoms with Crippen LogP contribution in [-0.2, 0) is 4.79 Å². The molecule has 0 spiro atoms. The van der Waals surface area contributed by atoms with Crippen LogP contribution in [-0.4, -0.2) is 12.5 Å². The molecular weight excluding hydrogens is 140 g/mol. The minimum atomic E-state index is -0.388. The van der Waals surface area contributed by atoms with E-state index in [2.05, 4.69) is 5.32 Å². The number of hydrogen-bond acceptors (Lipinski definition) is 2. The van der Waals surface area contributed by atoms with Crippen molar-refractivity contribution in [1.29, 1.82) is 0 Å². The van der Waals surface area contributed by atoms with Crippen molar-refractivity contribution in [2.75, 3.05) is 6.54 Å². The van der Waals surface area contributed by atoms with Gasteiger partial charge in [0.15, 0.2) is 0 Å². The molecule has 0 unspecified atom stereocenters.